The van der Waals surface area contributed by atoms with Gasteiger partial charge in [0.2, 0.25) is 5.95 Å². The van der Waals surface area contributed by atoms with Crippen molar-refractivity contribution in [2.45, 2.75) is 25.3 Å². The van der Waals surface area contributed by atoms with Crippen LogP contribution >= 0.6 is 0 Å². The normalized spacial score (nSPS) is 14.7. The summed E-state index contributed by atoms with van der Waals surface area (Å²) in [5, 5.41) is 4.61. The van der Waals surface area contributed by atoms with Crippen LogP contribution in [0.4, 0.5) is 11.8 Å². The monoisotopic (exact) mass is 394 g/mol. The molecule has 1 fully saturated rings. The van der Waals surface area contributed by atoms with Gasteiger partial charge in [-0.3, -0.25) is 0 Å². The van der Waals surface area contributed by atoms with Gasteiger partial charge in [-0.2, -0.15) is 4.98 Å². The van der Waals surface area contributed by atoms with Crippen LogP contribution in [0.3, 0.4) is 0 Å². The molecule has 30 heavy (non-hydrogen) atoms. The Labute approximate surface area is 177 Å². The van der Waals surface area contributed by atoms with Gasteiger partial charge in [-0.25, -0.2) is 4.98 Å². The Morgan fingerprint density at radius 2 is 1.43 bits per heavy atom. The van der Waals surface area contributed by atoms with Crippen molar-refractivity contribution in [3.05, 3.63) is 96.1 Å². The third kappa shape index (κ3) is 3.99. The number of anilines is 2. The molecule has 150 valence electrons. The predicted octanol–water partition coefficient (Wildman–Crippen LogP) is 5.63. The Hall–Kier alpha value is -3.40. The number of para-hydroxylation sites is 1. The summed E-state index contributed by atoms with van der Waals surface area (Å²) < 4.78 is 0. The van der Waals surface area contributed by atoms with Crippen molar-refractivity contribution in [2.24, 2.45) is 0 Å². The largest absolute Gasteiger partial charge is 0.365 e. The van der Waals surface area contributed by atoms with Crippen molar-refractivity contribution < 1.29 is 0 Å². The quantitative estimate of drug-likeness (QED) is 0.477. The Morgan fingerprint density at radius 3 is 2.20 bits per heavy atom. The molecule has 1 aliphatic rings. The molecule has 0 saturated carbocycles. The molecule has 4 heteroatoms. The minimum absolute atomic E-state index is 0.624. The number of hydrogen-bond acceptors (Lipinski definition) is 4. The highest BCUT2D eigenvalue weighted by Gasteiger charge is 2.23. The number of aromatic nitrogens is 2. The van der Waals surface area contributed by atoms with Crippen LogP contribution in [0.15, 0.2) is 84.9 Å². The minimum Gasteiger partial charge on any atom is -0.365 e. The van der Waals surface area contributed by atoms with E-state index in [2.05, 4.69) is 76.9 Å². The summed E-state index contributed by atoms with van der Waals surface area (Å²) in [5.74, 6) is 2.36. The lowest BCUT2D eigenvalue weighted by molar-refractivity contribution is 0.500. The Kier molecular flexibility index (Phi) is 5.30. The smallest absolute Gasteiger partial charge is 0.227 e. The van der Waals surface area contributed by atoms with Crippen molar-refractivity contribution >= 4 is 22.7 Å². The van der Waals surface area contributed by atoms with E-state index in [1.165, 1.54) is 11.1 Å². The molecule has 4 nitrogen and oxygen atoms in total. The molecule has 1 N–H and O–H groups in total. The fourth-order valence-electron chi connectivity index (χ4n) is 4.26. The third-order valence-electron chi connectivity index (χ3n) is 5.94. The van der Waals surface area contributed by atoms with Gasteiger partial charge in [0.1, 0.15) is 5.82 Å². The molecular formula is C26H26N4. The second-order valence-electron chi connectivity index (χ2n) is 7.90. The molecule has 1 aromatic heterocycles. The van der Waals surface area contributed by atoms with E-state index in [1.807, 2.05) is 18.2 Å². The van der Waals surface area contributed by atoms with Crippen LogP contribution < -0.4 is 10.2 Å². The lowest BCUT2D eigenvalue weighted by atomic mass is 9.90. The van der Waals surface area contributed by atoms with Crippen LogP contribution in [0, 0.1) is 0 Å². The number of benzene rings is 3. The maximum absolute atomic E-state index is 4.94. The molecule has 0 bridgehead atoms. The van der Waals surface area contributed by atoms with E-state index in [9.17, 15) is 0 Å². The maximum atomic E-state index is 4.94. The number of rotatable bonds is 5. The van der Waals surface area contributed by atoms with Crippen molar-refractivity contribution in [3.63, 3.8) is 0 Å². The minimum atomic E-state index is 0.624. The number of hydrogen-bond donors (Lipinski definition) is 1. The number of piperidine rings is 1. The first kappa shape index (κ1) is 18.6. The van der Waals surface area contributed by atoms with E-state index < -0.39 is 0 Å². The Balaban J connectivity index is 1.37. The molecule has 5 rings (SSSR count). The Bertz CT molecular complexity index is 1100. The highest BCUT2D eigenvalue weighted by atomic mass is 15.3. The summed E-state index contributed by atoms with van der Waals surface area (Å²) in [4.78, 5) is 12.2. The van der Waals surface area contributed by atoms with E-state index >= 15 is 0 Å². The van der Waals surface area contributed by atoms with Gasteiger partial charge < -0.3 is 10.2 Å². The van der Waals surface area contributed by atoms with Crippen LogP contribution in [0.25, 0.3) is 10.9 Å². The molecule has 4 aromatic rings. The summed E-state index contributed by atoms with van der Waals surface area (Å²) in [7, 11) is 0. The standard InChI is InChI=1S/C26H26N4/c1-3-9-20(10-4-1)19-27-25-23-13-7-8-14-24(23)28-26(29-25)30-17-15-22(16-18-30)21-11-5-2-6-12-21/h1-14,22H,15-19H2,(H,27,28,29). The lowest BCUT2D eigenvalue weighted by Gasteiger charge is -2.32. The summed E-state index contributed by atoms with van der Waals surface area (Å²) in [6.45, 7) is 2.71. The molecule has 0 radical (unpaired) electrons. The predicted molar refractivity (Wildman–Crippen MR) is 124 cm³/mol. The van der Waals surface area contributed by atoms with Gasteiger partial charge in [-0.05, 0) is 42.0 Å². The van der Waals surface area contributed by atoms with Gasteiger partial charge in [0.15, 0.2) is 0 Å². The zero-order valence-corrected chi connectivity index (χ0v) is 17.0. The number of fused-ring (bicyclic) bond motifs is 1. The second-order valence-corrected chi connectivity index (χ2v) is 7.90. The average molecular weight is 395 g/mol. The molecule has 0 atom stereocenters. The molecule has 1 saturated heterocycles. The first-order chi connectivity index (χ1) is 14.9. The molecular weight excluding hydrogens is 368 g/mol. The summed E-state index contributed by atoms with van der Waals surface area (Å²) in [5.41, 5.74) is 3.68. The molecule has 0 amide bonds. The lowest BCUT2D eigenvalue weighted by Crippen LogP contribution is -2.34. The summed E-state index contributed by atoms with van der Waals surface area (Å²) >= 11 is 0. The zero-order valence-electron chi connectivity index (χ0n) is 17.0. The summed E-state index contributed by atoms with van der Waals surface area (Å²) in [6, 6.07) is 29.6. The third-order valence-corrected chi connectivity index (χ3v) is 5.94. The fourth-order valence-corrected chi connectivity index (χ4v) is 4.26. The molecule has 2 heterocycles. The van der Waals surface area contributed by atoms with E-state index in [1.54, 1.807) is 0 Å². The van der Waals surface area contributed by atoms with Crippen LogP contribution in [-0.2, 0) is 6.54 Å². The van der Waals surface area contributed by atoms with Gasteiger partial charge in [-0.1, -0.05) is 72.8 Å². The topological polar surface area (TPSA) is 41.1 Å². The van der Waals surface area contributed by atoms with Gasteiger partial charge in [0, 0.05) is 25.0 Å². The molecule has 0 unspecified atom stereocenters. The highest BCUT2D eigenvalue weighted by Crippen LogP contribution is 2.31. The van der Waals surface area contributed by atoms with Crippen molar-refractivity contribution in [1.29, 1.82) is 0 Å². The maximum Gasteiger partial charge on any atom is 0.227 e. The highest BCUT2D eigenvalue weighted by molar-refractivity contribution is 5.90. The van der Waals surface area contributed by atoms with Crippen LogP contribution in [0.1, 0.15) is 29.9 Å². The zero-order chi connectivity index (χ0) is 20.2. The van der Waals surface area contributed by atoms with Crippen LogP contribution in [-0.4, -0.2) is 23.1 Å². The van der Waals surface area contributed by atoms with Crippen molar-refractivity contribution in [1.82, 2.24) is 9.97 Å². The van der Waals surface area contributed by atoms with Crippen LogP contribution in [0.2, 0.25) is 0 Å². The molecule has 0 spiro atoms. The Morgan fingerprint density at radius 1 is 0.767 bits per heavy atom. The second kappa shape index (κ2) is 8.54. The van der Waals surface area contributed by atoms with Gasteiger partial charge >= 0.3 is 0 Å². The molecule has 1 aliphatic heterocycles. The molecule has 0 aliphatic carbocycles. The van der Waals surface area contributed by atoms with Gasteiger partial charge in [0.05, 0.1) is 5.52 Å². The summed E-state index contributed by atoms with van der Waals surface area (Å²) in [6.07, 6.45) is 2.26. The van der Waals surface area contributed by atoms with E-state index in [0.717, 1.165) is 55.1 Å². The van der Waals surface area contributed by atoms with Crippen molar-refractivity contribution in [3.8, 4) is 0 Å². The molecule has 3 aromatic carbocycles. The van der Waals surface area contributed by atoms with E-state index in [4.69, 9.17) is 9.97 Å². The average Bonchev–Trinajstić information content (AvgIpc) is 2.84. The van der Waals surface area contributed by atoms with Gasteiger partial charge in [0.25, 0.3) is 0 Å². The van der Waals surface area contributed by atoms with E-state index in [-0.39, 0.29) is 0 Å². The van der Waals surface area contributed by atoms with Crippen molar-refractivity contribution in [2.75, 3.05) is 23.3 Å². The van der Waals surface area contributed by atoms with E-state index in [0.29, 0.717) is 5.92 Å². The number of nitrogens with zero attached hydrogens (tertiary/aromatic N) is 3. The first-order valence-electron chi connectivity index (χ1n) is 10.7. The number of nitrogens with one attached hydrogen (secondary N) is 1. The fraction of sp³-hybridized carbons (Fsp3) is 0.231. The SMILES string of the molecule is c1ccc(CNc2nc(N3CCC(c4ccccc4)CC3)nc3ccccc23)cc1. The van der Waals surface area contributed by atoms with Crippen LogP contribution in [0.5, 0.6) is 0 Å². The first-order valence-corrected chi connectivity index (χ1v) is 10.7. The van der Waals surface area contributed by atoms with Gasteiger partial charge in [-0.15, -0.1) is 0 Å².